The van der Waals surface area contributed by atoms with Crippen LogP contribution in [0.25, 0.3) is 11.3 Å². The van der Waals surface area contributed by atoms with E-state index >= 15 is 0 Å². The highest BCUT2D eigenvalue weighted by Crippen LogP contribution is 2.26. The molecular weight excluding hydrogens is 333 g/mol. The molecule has 1 aliphatic rings. The molecule has 0 spiro atoms. The van der Waals surface area contributed by atoms with Crippen LogP contribution in [0.15, 0.2) is 54.7 Å². The summed E-state index contributed by atoms with van der Waals surface area (Å²) in [5.74, 6) is 1.38. The largest absolute Gasteiger partial charge is 0.497 e. The highest BCUT2D eigenvalue weighted by Gasteiger charge is 2.29. The molecule has 0 bridgehead atoms. The van der Waals surface area contributed by atoms with Crippen LogP contribution in [0.3, 0.4) is 0 Å². The molecule has 6 heteroatoms. The van der Waals surface area contributed by atoms with Crippen molar-refractivity contribution in [2.75, 3.05) is 20.2 Å². The Balaban J connectivity index is 1.35. The first-order valence-electron chi connectivity index (χ1n) is 8.52. The fraction of sp³-hybridized carbons (Fsp3) is 0.250. The molecule has 0 saturated carbocycles. The van der Waals surface area contributed by atoms with E-state index in [2.05, 4.69) is 15.1 Å². The van der Waals surface area contributed by atoms with Crippen molar-refractivity contribution in [1.29, 1.82) is 0 Å². The maximum absolute atomic E-state index is 13.1. The highest BCUT2D eigenvalue weighted by molar-refractivity contribution is 5.62. The SMILES string of the molecule is COc1cccc(OC2CN(Cc3cn[nH]c3-c3ccc(F)cc3)C2)c1. The van der Waals surface area contributed by atoms with Crippen LogP contribution in [-0.2, 0) is 6.54 Å². The lowest BCUT2D eigenvalue weighted by Gasteiger charge is -2.39. The molecule has 1 aromatic heterocycles. The van der Waals surface area contributed by atoms with Crippen LogP contribution < -0.4 is 9.47 Å². The Morgan fingerprint density at radius 3 is 2.69 bits per heavy atom. The molecule has 1 saturated heterocycles. The maximum Gasteiger partial charge on any atom is 0.124 e. The smallest absolute Gasteiger partial charge is 0.124 e. The van der Waals surface area contributed by atoms with Crippen molar-refractivity contribution in [3.63, 3.8) is 0 Å². The van der Waals surface area contributed by atoms with E-state index in [0.717, 1.165) is 48.0 Å². The number of rotatable bonds is 6. The number of methoxy groups -OCH3 is 1. The van der Waals surface area contributed by atoms with Gasteiger partial charge in [0.05, 0.1) is 19.0 Å². The number of aromatic amines is 1. The second-order valence-corrected chi connectivity index (χ2v) is 6.39. The van der Waals surface area contributed by atoms with Gasteiger partial charge in [0.2, 0.25) is 0 Å². The predicted molar refractivity (Wildman–Crippen MR) is 96.7 cm³/mol. The van der Waals surface area contributed by atoms with Gasteiger partial charge in [0.1, 0.15) is 23.4 Å². The molecule has 5 nitrogen and oxygen atoms in total. The standard InChI is InChI=1S/C20H20FN3O2/c1-25-17-3-2-4-18(9-17)26-19-12-24(13-19)11-15-10-22-23-20(15)14-5-7-16(21)8-6-14/h2-10,19H,11-13H2,1H3,(H,22,23). The molecule has 0 radical (unpaired) electrons. The van der Waals surface area contributed by atoms with E-state index < -0.39 is 0 Å². The number of aromatic nitrogens is 2. The van der Waals surface area contributed by atoms with Crippen LogP contribution in [-0.4, -0.2) is 41.4 Å². The van der Waals surface area contributed by atoms with Crippen LogP contribution in [0, 0.1) is 5.82 Å². The van der Waals surface area contributed by atoms with Crippen LogP contribution in [0.5, 0.6) is 11.5 Å². The average molecular weight is 353 g/mol. The van der Waals surface area contributed by atoms with Gasteiger partial charge < -0.3 is 9.47 Å². The van der Waals surface area contributed by atoms with Crippen LogP contribution >= 0.6 is 0 Å². The van der Waals surface area contributed by atoms with Gasteiger partial charge in [-0.25, -0.2) is 4.39 Å². The average Bonchev–Trinajstić information content (AvgIpc) is 3.09. The van der Waals surface area contributed by atoms with Gasteiger partial charge in [-0.15, -0.1) is 0 Å². The van der Waals surface area contributed by atoms with Gasteiger partial charge in [-0.3, -0.25) is 10.00 Å². The topological polar surface area (TPSA) is 50.4 Å². The third kappa shape index (κ3) is 3.55. The lowest BCUT2D eigenvalue weighted by Crippen LogP contribution is -2.53. The fourth-order valence-corrected chi connectivity index (χ4v) is 3.13. The highest BCUT2D eigenvalue weighted by atomic mass is 19.1. The number of hydrogen-bond donors (Lipinski definition) is 1. The van der Waals surface area contributed by atoms with Gasteiger partial charge in [-0.05, 0) is 36.4 Å². The monoisotopic (exact) mass is 353 g/mol. The molecule has 2 aromatic carbocycles. The maximum atomic E-state index is 13.1. The number of likely N-dealkylation sites (tertiary alicyclic amines) is 1. The van der Waals surface area contributed by atoms with Crippen LogP contribution in [0.4, 0.5) is 4.39 Å². The predicted octanol–water partition coefficient (Wildman–Crippen LogP) is 3.49. The molecule has 1 N–H and O–H groups in total. The van der Waals surface area contributed by atoms with E-state index in [4.69, 9.17) is 9.47 Å². The zero-order chi connectivity index (χ0) is 17.9. The summed E-state index contributed by atoms with van der Waals surface area (Å²) in [5.41, 5.74) is 2.96. The molecule has 134 valence electrons. The van der Waals surface area contributed by atoms with E-state index in [0.29, 0.717) is 0 Å². The van der Waals surface area contributed by atoms with E-state index in [1.165, 1.54) is 12.1 Å². The van der Waals surface area contributed by atoms with Crippen molar-refractivity contribution in [2.24, 2.45) is 0 Å². The number of halogens is 1. The third-order valence-electron chi connectivity index (χ3n) is 4.51. The van der Waals surface area contributed by atoms with Gasteiger partial charge in [0.15, 0.2) is 0 Å². The molecule has 0 unspecified atom stereocenters. The van der Waals surface area contributed by atoms with Crippen LogP contribution in [0.2, 0.25) is 0 Å². The Morgan fingerprint density at radius 1 is 1.15 bits per heavy atom. The minimum atomic E-state index is -0.241. The minimum absolute atomic E-state index is 0.170. The van der Waals surface area contributed by atoms with E-state index in [1.54, 1.807) is 19.2 Å². The first-order valence-corrected chi connectivity index (χ1v) is 8.52. The summed E-state index contributed by atoms with van der Waals surface area (Å²) < 4.78 is 24.3. The Morgan fingerprint density at radius 2 is 1.92 bits per heavy atom. The number of ether oxygens (including phenoxy) is 2. The minimum Gasteiger partial charge on any atom is -0.497 e. The lowest BCUT2D eigenvalue weighted by molar-refractivity contribution is 0.0146. The summed E-state index contributed by atoms with van der Waals surface area (Å²) in [5, 5.41) is 7.16. The summed E-state index contributed by atoms with van der Waals surface area (Å²) in [6, 6.07) is 14.1. The van der Waals surface area contributed by atoms with Crippen molar-refractivity contribution in [2.45, 2.75) is 12.6 Å². The van der Waals surface area contributed by atoms with Crippen LogP contribution in [0.1, 0.15) is 5.56 Å². The Labute approximate surface area is 151 Å². The van der Waals surface area contributed by atoms with Crippen molar-refractivity contribution >= 4 is 0 Å². The quantitative estimate of drug-likeness (QED) is 0.737. The molecule has 4 rings (SSSR count). The molecule has 1 fully saturated rings. The summed E-state index contributed by atoms with van der Waals surface area (Å²) in [6.45, 7) is 2.48. The van der Waals surface area contributed by atoms with Crippen molar-refractivity contribution in [1.82, 2.24) is 15.1 Å². The number of hydrogen-bond acceptors (Lipinski definition) is 4. The zero-order valence-electron chi connectivity index (χ0n) is 14.5. The zero-order valence-corrected chi connectivity index (χ0v) is 14.5. The molecule has 0 aliphatic carbocycles. The summed E-state index contributed by atoms with van der Waals surface area (Å²) in [6.07, 6.45) is 2.00. The van der Waals surface area contributed by atoms with E-state index in [1.807, 2.05) is 30.5 Å². The van der Waals surface area contributed by atoms with Crippen molar-refractivity contribution in [3.05, 3.63) is 66.1 Å². The molecule has 0 amide bonds. The molecule has 26 heavy (non-hydrogen) atoms. The Bertz CT molecular complexity index is 873. The first-order chi connectivity index (χ1) is 12.7. The molecule has 3 aromatic rings. The van der Waals surface area contributed by atoms with Crippen molar-refractivity contribution in [3.8, 4) is 22.8 Å². The second-order valence-electron chi connectivity index (χ2n) is 6.39. The van der Waals surface area contributed by atoms with Crippen molar-refractivity contribution < 1.29 is 13.9 Å². The summed E-state index contributed by atoms with van der Waals surface area (Å²) in [4.78, 5) is 2.29. The van der Waals surface area contributed by atoms with Gasteiger partial charge in [0, 0.05) is 36.8 Å². The van der Waals surface area contributed by atoms with Gasteiger partial charge in [0.25, 0.3) is 0 Å². The molecule has 0 atom stereocenters. The number of H-pyrrole nitrogens is 1. The molecular formula is C20H20FN3O2. The summed E-state index contributed by atoms with van der Waals surface area (Å²) >= 11 is 0. The lowest BCUT2D eigenvalue weighted by atomic mass is 10.1. The van der Waals surface area contributed by atoms with E-state index in [-0.39, 0.29) is 11.9 Å². The van der Waals surface area contributed by atoms with Gasteiger partial charge >= 0.3 is 0 Å². The third-order valence-corrected chi connectivity index (χ3v) is 4.51. The van der Waals surface area contributed by atoms with Gasteiger partial charge in [-0.2, -0.15) is 5.10 Å². The molecule has 2 heterocycles. The normalized spacial score (nSPS) is 14.8. The number of nitrogens with one attached hydrogen (secondary N) is 1. The number of benzene rings is 2. The Kier molecular flexibility index (Phi) is 4.58. The first kappa shape index (κ1) is 16.6. The van der Waals surface area contributed by atoms with Gasteiger partial charge in [-0.1, -0.05) is 6.07 Å². The fourth-order valence-electron chi connectivity index (χ4n) is 3.13. The number of nitrogens with zero attached hydrogens (tertiary/aromatic N) is 2. The molecule has 1 aliphatic heterocycles. The Hall–Kier alpha value is -2.86. The van der Waals surface area contributed by atoms with E-state index in [9.17, 15) is 4.39 Å². The summed E-state index contributed by atoms with van der Waals surface area (Å²) in [7, 11) is 1.65. The second kappa shape index (κ2) is 7.17.